The molecule has 0 aliphatic carbocycles. The van der Waals surface area contributed by atoms with E-state index in [1.165, 1.54) is 16.8 Å². The molecular formula is C14H19N3. The maximum absolute atomic E-state index is 5.66. The van der Waals surface area contributed by atoms with Gasteiger partial charge in [0.2, 0.25) is 0 Å². The molecule has 0 spiro atoms. The number of hydrogen-bond donors (Lipinski definition) is 1. The van der Waals surface area contributed by atoms with E-state index in [9.17, 15) is 0 Å². The highest BCUT2D eigenvalue weighted by molar-refractivity contribution is 5.28. The smallest absolute Gasteiger partial charge is 0.122 e. The summed E-state index contributed by atoms with van der Waals surface area (Å²) in [5.74, 6) is 0.949. The fourth-order valence-electron chi connectivity index (χ4n) is 2.06. The van der Waals surface area contributed by atoms with E-state index in [-0.39, 0.29) is 0 Å². The summed E-state index contributed by atoms with van der Waals surface area (Å²) in [4.78, 5) is 4.48. The summed E-state index contributed by atoms with van der Waals surface area (Å²) < 4.78 is 2.11. The van der Waals surface area contributed by atoms with Crippen LogP contribution in [0.4, 0.5) is 0 Å². The van der Waals surface area contributed by atoms with Gasteiger partial charge in [-0.15, -0.1) is 0 Å². The molecule has 2 aromatic rings. The minimum absolute atomic E-state index is 0.491. The molecule has 1 aromatic heterocycles. The molecule has 0 fully saturated rings. The van der Waals surface area contributed by atoms with Crippen LogP contribution in [-0.2, 0) is 20.0 Å². The Balaban J connectivity index is 2.29. The van der Waals surface area contributed by atoms with Crippen LogP contribution in [0.25, 0.3) is 0 Å². The Morgan fingerprint density at radius 1 is 1.18 bits per heavy atom. The van der Waals surface area contributed by atoms with Gasteiger partial charge < -0.3 is 10.3 Å². The highest BCUT2D eigenvalue weighted by Gasteiger charge is 2.10. The number of rotatable bonds is 3. The van der Waals surface area contributed by atoms with Crippen molar-refractivity contribution in [2.45, 2.75) is 26.8 Å². The molecule has 0 bridgehead atoms. The third-order valence-electron chi connectivity index (χ3n) is 3.18. The van der Waals surface area contributed by atoms with Crippen molar-refractivity contribution in [3.63, 3.8) is 0 Å². The molecule has 0 amide bonds. The number of benzene rings is 1. The van der Waals surface area contributed by atoms with Crippen LogP contribution in [0.1, 0.15) is 28.3 Å². The number of nitrogens with two attached hydrogens (primary N) is 1. The molecule has 0 atom stereocenters. The van der Waals surface area contributed by atoms with Crippen molar-refractivity contribution in [1.29, 1.82) is 0 Å². The van der Waals surface area contributed by atoms with Gasteiger partial charge in [-0.1, -0.05) is 29.8 Å². The van der Waals surface area contributed by atoms with Crippen molar-refractivity contribution in [1.82, 2.24) is 9.55 Å². The summed E-state index contributed by atoms with van der Waals surface area (Å²) in [7, 11) is 2.03. The zero-order chi connectivity index (χ0) is 12.4. The monoisotopic (exact) mass is 229 g/mol. The number of nitrogens with zero attached hydrogens (tertiary/aromatic N) is 2. The first-order chi connectivity index (χ1) is 8.11. The summed E-state index contributed by atoms with van der Waals surface area (Å²) in [6.45, 7) is 4.64. The second-order valence-electron chi connectivity index (χ2n) is 4.49. The molecule has 2 rings (SSSR count). The Kier molecular flexibility index (Phi) is 3.29. The van der Waals surface area contributed by atoms with Gasteiger partial charge >= 0.3 is 0 Å². The second-order valence-corrected chi connectivity index (χ2v) is 4.49. The van der Waals surface area contributed by atoms with Crippen molar-refractivity contribution < 1.29 is 0 Å². The van der Waals surface area contributed by atoms with Crippen LogP contribution in [0.15, 0.2) is 24.3 Å². The van der Waals surface area contributed by atoms with Crippen molar-refractivity contribution in [2.75, 3.05) is 0 Å². The summed E-state index contributed by atoms with van der Waals surface area (Å²) in [6, 6.07) is 8.63. The summed E-state index contributed by atoms with van der Waals surface area (Å²) >= 11 is 0. The van der Waals surface area contributed by atoms with Crippen LogP contribution in [0, 0.1) is 13.8 Å². The lowest BCUT2D eigenvalue weighted by Crippen LogP contribution is -2.07. The van der Waals surface area contributed by atoms with Crippen LogP contribution in [0.3, 0.4) is 0 Å². The Labute approximate surface area is 102 Å². The lowest BCUT2D eigenvalue weighted by atomic mass is 10.1. The highest BCUT2D eigenvalue weighted by Crippen LogP contribution is 2.15. The van der Waals surface area contributed by atoms with E-state index in [1.807, 2.05) is 14.0 Å². The van der Waals surface area contributed by atoms with E-state index >= 15 is 0 Å². The first kappa shape index (κ1) is 11.9. The molecule has 0 aliphatic rings. The molecule has 0 aliphatic heterocycles. The van der Waals surface area contributed by atoms with E-state index in [1.54, 1.807) is 0 Å². The van der Waals surface area contributed by atoms with Crippen LogP contribution in [0.5, 0.6) is 0 Å². The molecule has 1 aromatic carbocycles. The topological polar surface area (TPSA) is 43.8 Å². The summed E-state index contributed by atoms with van der Waals surface area (Å²) in [5, 5.41) is 0. The average molecular weight is 229 g/mol. The van der Waals surface area contributed by atoms with E-state index in [0.29, 0.717) is 6.54 Å². The largest absolute Gasteiger partial charge is 0.333 e. The molecule has 3 heteroatoms. The number of hydrogen-bond acceptors (Lipinski definition) is 2. The lowest BCUT2D eigenvalue weighted by Gasteiger charge is -2.06. The highest BCUT2D eigenvalue weighted by atomic mass is 15.1. The quantitative estimate of drug-likeness (QED) is 0.875. The Morgan fingerprint density at radius 2 is 1.82 bits per heavy atom. The van der Waals surface area contributed by atoms with Crippen molar-refractivity contribution in [3.8, 4) is 0 Å². The van der Waals surface area contributed by atoms with E-state index < -0.39 is 0 Å². The van der Waals surface area contributed by atoms with Crippen molar-refractivity contribution >= 4 is 0 Å². The number of imidazole rings is 1. The van der Waals surface area contributed by atoms with Gasteiger partial charge in [-0.25, -0.2) is 4.98 Å². The standard InChI is InChI=1S/C14H19N3/c1-10-4-6-12(7-5-10)8-13-11(2)16-14(9-15)17(13)3/h4-7H,8-9,15H2,1-3H3. The molecule has 17 heavy (non-hydrogen) atoms. The number of aryl methyl sites for hydroxylation is 2. The van der Waals surface area contributed by atoms with Crippen LogP contribution in [0.2, 0.25) is 0 Å². The zero-order valence-corrected chi connectivity index (χ0v) is 10.7. The number of aromatic nitrogens is 2. The molecule has 0 unspecified atom stereocenters. The van der Waals surface area contributed by atoms with Gasteiger partial charge in [0.05, 0.1) is 12.2 Å². The minimum atomic E-state index is 0.491. The molecule has 0 radical (unpaired) electrons. The van der Waals surface area contributed by atoms with Crippen LogP contribution < -0.4 is 5.73 Å². The molecular weight excluding hydrogens is 210 g/mol. The van der Waals surface area contributed by atoms with Gasteiger partial charge in [0.1, 0.15) is 5.82 Å². The normalized spacial score (nSPS) is 10.8. The third-order valence-corrected chi connectivity index (χ3v) is 3.18. The predicted octanol–water partition coefficient (Wildman–Crippen LogP) is 2.09. The van der Waals surface area contributed by atoms with Gasteiger partial charge in [-0.05, 0) is 19.4 Å². The minimum Gasteiger partial charge on any atom is -0.333 e. The molecule has 3 nitrogen and oxygen atoms in total. The van der Waals surface area contributed by atoms with Crippen molar-refractivity contribution in [2.24, 2.45) is 12.8 Å². The fourth-order valence-corrected chi connectivity index (χ4v) is 2.06. The molecule has 1 heterocycles. The van der Waals surface area contributed by atoms with Gasteiger partial charge in [0, 0.05) is 19.2 Å². The molecule has 0 saturated heterocycles. The Morgan fingerprint density at radius 3 is 2.35 bits per heavy atom. The van der Waals surface area contributed by atoms with Gasteiger partial charge in [0.15, 0.2) is 0 Å². The average Bonchev–Trinajstić information content (AvgIpc) is 2.59. The molecule has 0 saturated carbocycles. The molecule has 90 valence electrons. The van der Waals surface area contributed by atoms with Gasteiger partial charge in [0.25, 0.3) is 0 Å². The predicted molar refractivity (Wildman–Crippen MR) is 69.8 cm³/mol. The first-order valence-electron chi connectivity index (χ1n) is 5.88. The third kappa shape index (κ3) is 2.39. The maximum Gasteiger partial charge on any atom is 0.122 e. The first-order valence-corrected chi connectivity index (χ1v) is 5.88. The SMILES string of the molecule is Cc1ccc(Cc2c(C)nc(CN)n2C)cc1. The van der Waals surface area contributed by atoms with Crippen LogP contribution >= 0.6 is 0 Å². The lowest BCUT2D eigenvalue weighted by molar-refractivity contribution is 0.760. The Hall–Kier alpha value is -1.61. The fraction of sp³-hybridized carbons (Fsp3) is 0.357. The summed E-state index contributed by atoms with van der Waals surface area (Å²) in [5.41, 5.74) is 10.6. The van der Waals surface area contributed by atoms with E-state index in [2.05, 4.69) is 40.7 Å². The molecule has 2 N–H and O–H groups in total. The second kappa shape index (κ2) is 4.72. The van der Waals surface area contributed by atoms with E-state index in [0.717, 1.165) is 17.9 Å². The zero-order valence-electron chi connectivity index (χ0n) is 10.7. The van der Waals surface area contributed by atoms with Gasteiger partial charge in [-0.3, -0.25) is 0 Å². The van der Waals surface area contributed by atoms with Gasteiger partial charge in [-0.2, -0.15) is 0 Å². The van der Waals surface area contributed by atoms with E-state index in [4.69, 9.17) is 5.73 Å². The van der Waals surface area contributed by atoms with Crippen LogP contribution in [-0.4, -0.2) is 9.55 Å². The maximum atomic E-state index is 5.66. The summed E-state index contributed by atoms with van der Waals surface area (Å²) in [6.07, 6.45) is 0.912. The Bertz CT molecular complexity index is 509. The van der Waals surface area contributed by atoms with Crippen molar-refractivity contribution in [3.05, 3.63) is 52.6 Å².